The van der Waals surface area contributed by atoms with Crippen molar-refractivity contribution in [2.75, 3.05) is 33.2 Å². The monoisotopic (exact) mass is 479 g/mol. The van der Waals surface area contributed by atoms with Gasteiger partial charge in [0.15, 0.2) is 11.5 Å². The van der Waals surface area contributed by atoms with Gasteiger partial charge in [0.25, 0.3) is 0 Å². The molecular formula is C26H29N3O6. The van der Waals surface area contributed by atoms with Crippen molar-refractivity contribution in [3.05, 3.63) is 53.9 Å². The van der Waals surface area contributed by atoms with E-state index in [1.54, 1.807) is 0 Å². The van der Waals surface area contributed by atoms with Crippen LogP contribution in [0.3, 0.4) is 0 Å². The molecule has 35 heavy (non-hydrogen) atoms. The molecule has 3 aromatic rings. The Morgan fingerprint density at radius 3 is 2.69 bits per heavy atom. The van der Waals surface area contributed by atoms with E-state index >= 15 is 0 Å². The number of carbonyl (C=O) groups excluding carboxylic acids is 1. The Morgan fingerprint density at radius 1 is 1.09 bits per heavy atom. The predicted molar refractivity (Wildman–Crippen MR) is 127 cm³/mol. The van der Waals surface area contributed by atoms with Gasteiger partial charge in [-0.25, -0.2) is 0 Å². The highest BCUT2D eigenvalue weighted by Crippen LogP contribution is 2.40. The second-order valence-corrected chi connectivity index (χ2v) is 8.71. The van der Waals surface area contributed by atoms with Crippen molar-refractivity contribution in [2.45, 2.75) is 38.0 Å². The van der Waals surface area contributed by atoms with Crippen molar-refractivity contribution >= 4 is 5.91 Å². The molecule has 1 aromatic heterocycles. The van der Waals surface area contributed by atoms with Crippen molar-refractivity contribution < 1.29 is 28.3 Å². The molecule has 3 heterocycles. The number of amides is 1. The summed E-state index contributed by atoms with van der Waals surface area (Å²) >= 11 is 0. The first-order valence-corrected chi connectivity index (χ1v) is 12.0. The zero-order valence-electron chi connectivity index (χ0n) is 19.7. The molecule has 2 aliphatic rings. The highest BCUT2D eigenvalue weighted by molar-refractivity contribution is 5.76. The van der Waals surface area contributed by atoms with Gasteiger partial charge in [-0.2, -0.15) is 4.98 Å². The van der Waals surface area contributed by atoms with E-state index in [-0.39, 0.29) is 24.5 Å². The lowest BCUT2D eigenvalue weighted by molar-refractivity contribution is -0.121. The molecule has 184 valence electrons. The summed E-state index contributed by atoms with van der Waals surface area (Å²) in [5.41, 5.74) is 1.75. The van der Waals surface area contributed by atoms with Crippen LogP contribution >= 0.6 is 0 Å². The fraction of sp³-hybridized carbons (Fsp3) is 0.423. The summed E-state index contributed by atoms with van der Waals surface area (Å²) in [5, 5.41) is 7.16. The largest absolute Gasteiger partial charge is 0.494 e. The molecule has 1 amide bonds. The number of nitrogens with zero attached hydrogens (tertiary/aromatic N) is 2. The molecule has 2 aliphatic heterocycles. The summed E-state index contributed by atoms with van der Waals surface area (Å²) in [5.74, 6) is 3.16. The zero-order chi connectivity index (χ0) is 24.1. The van der Waals surface area contributed by atoms with Crippen LogP contribution in [0.4, 0.5) is 0 Å². The summed E-state index contributed by atoms with van der Waals surface area (Å²) in [4.78, 5) is 17.1. The molecule has 0 atom stereocenters. The Morgan fingerprint density at radius 2 is 1.89 bits per heavy atom. The van der Waals surface area contributed by atoms with Crippen LogP contribution in [0.2, 0.25) is 0 Å². The molecule has 1 fully saturated rings. The van der Waals surface area contributed by atoms with Gasteiger partial charge in [0, 0.05) is 43.6 Å². The number of ether oxygens (including phenoxy) is 4. The minimum Gasteiger partial charge on any atom is -0.494 e. The number of nitrogens with one attached hydrogen (secondary N) is 1. The summed E-state index contributed by atoms with van der Waals surface area (Å²) in [7, 11) is 0. The second kappa shape index (κ2) is 10.4. The van der Waals surface area contributed by atoms with Gasteiger partial charge in [0.05, 0.1) is 6.61 Å². The Kier molecular flexibility index (Phi) is 6.85. The third-order valence-corrected chi connectivity index (χ3v) is 6.52. The molecule has 0 saturated carbocycles. The quantitative estimate of drug-likeness (QED) is 0.496. The lowest BCUT2D eigenvalue weighted by atomic mass is 9.74. The van der Waals surface area contributed by atoms with E-state index < -0.39 is 0 Å². The van der Waals surface area contributed by atoms with Gasteiger partial charge in [-0.05, 0) is 61.7 Å². The van der Waals surface area contributed by atoms with Crippen molar-refractivity contribution in [3.8, 4) is 28.6 Å². The van der Waals surface area contributed by atoms with Gasteiger partial charge in [0.2, 0.25) is 24.4 Å². The number of aryl methyl sites for hydroxylation is 1. The number of rotatable bonds is 9. The first kappa shape index (κ1) is 23.2. The van der Waals surface area contributed by atoms with Gasteiger partial charge in [-0.1, -0.05) is 11.2 Å². The highest BCUT2D eigenvalue weighted by atomic mass is 16.7. The molecule has 1 saturated heterocycles. The number of hydrogen-bond acceptors (Lipinski definition) is 8. The van der Waals surface area contributed by atoms with Crippen molar-refractivity contribution in [3.63, 3.8) is 0 Å². The maximum Gasteiger partial charge on any atom is 0.231 e. The molecule has 5 rings (SSSR count). The minimum absolute atomic E-state index is 0.0579. The van der Waals surface area contributed by atoms with Gasteiger partial charge in [0.1, 0.15) is 5.75 Å². The SMILES string of the molecule is CCOc1ccc(-c2noc(CCC(=O)NCC3(c4ccc5c(c4)OCO5)CCOCC3)n2)cc1. The molecule has 0 spiro atoms. The lowest BCUT2D eigenvalue weighted by Crippen LogP contribution is -2.44. The standard InChI is InChI=1S/C26H29N3O6/c1-2-32-20-6-3-18(4-7-20)25-28-24(35-29-25)10-9-23(30)27-16-26(11-13-31-14-12-26)19-5-8-21-22(15-19)34-17-33-21/h3-8,15H,2,9-14,16-17H2,1H3,(H,27,30). The fourth-order valence-corrected chi connectivity index (χ4v) is 4.47. The minimum atomic E-state index is -0.208. The van der Waals surface area contributed by atoms with Crippen LogP contribution in [0.25, 0.3) is 11.4 Å². The third-order valence-electron chi connectivity index (χ3n) is 6.52. The Bertz CT molecular complexity index is 1150. The molecule has 1 N–H and O–H groups in total. The average Bonchev–Trinajstić information content (AvgIpc) is 3.57. The van der Waals surface area contributed by atoms with E-state index in [2.05, 4.69) is 21.5 Å². The van der Waals surface area contributed by atoms with Crippen LogP contribution in [0.5, 0.6) is 17.2 Å². The molecular weight excluding hydrogens is 450 g/mol. The van der Waals surface area contributed by atoms with E-state index in [1.807, 2.05) is 43.3 Å². The fourth-order valence-electron chi connectivity index (χ4n) is 4.47. The predicted octanol–water partition coefficient (Wildman–Crippen LogP) is 3.66. The van der Waals surface area contributed by atoms with Crippen molar-refractivity contribution in [1.29, 1.82) is 0 Å². The van der Waals surface area contributed by atoms with Crippen LogP contribution in [0.15, 0.2) is 47.0 Å². The summed E-state index contributed by atoms with van der Waals surface area (Å²) in [6.07, 6.45) is 2.28. The Labute approximate surface area is 203 Å². The maximum absolute atomic E-state index is 12.7. The van der Waals surface area contributed by atoms with Crippen LogP contribution in [-0.2, 0) is 21.4 Å². The van der Waals surface area contributed by atoms with Gasteiger partial charge in [-0.15, -0.1) is 0 Å². The van der Waals surface area contributed by atoms with Gasteiger partial charge in [-0.3, -0.25) is 4.79 Å². The molecule has 9 nitrogen and oxygen atoms in total. The molecule has 2 aromatic carbocycles. The van der Waals surface area contributed by atoms with Crippen LogP contribution < -0.4 is 19.5 Å². The number of hydrogen-bond donors (Lipinski definition) is 1. The Hall–Kier alpha value is -3.59. The normalized spacial score (nSPS) is 16.1. The summed E-state index contributed by atoms with van der Waals surface area (Å²) in [6, 6.07) is 13.5. The van der Waals surface area contributed by atoms with E-state index in [0.29, 0.717) is 44.5 Å². The first-order valence-electron chi connectivity index (χ1n) is 12.0. The maximum atomic E-state index is 12.7. The Balaban J connectivity index is 1.18. The van der Waals surface area contributed by atoms with E-state index in [0.717, 1.165) is 41.2 Å². The summed E-state index contributed by atoms with van der Waals surface area (Å²) < 4.78 is 27.4. The molecule has 0 radical (unpaired) electrons. The van der Waals surface area contributed by atoms with E-state index in [4.69, 9.17) is 23.5 Å². The number of benzene rings is 2. The van der Waals surface area contributed by atoms with Crippen LogP contribution in [0, 0.1) is 0 Å². The van der Waals surface area contributed by atoms with Crippen molar-refractivity contribution in [2.24, 2.45) is 0 Å². The lowest BCUT2D eigenvalue weighted by Gasteiger charge is -2.38. The van der Waals surface area contributed by atoms with Crippen molar-refractivity contribution in [1.82, 2.24) is 15.5 Å². The zero-order valence-corrected chi connectivity index (χ0v) is 19.7. The number of aromatic nitrogens is 2. The molecule has 0 aliphatic carbocycles. The molecule has 0 unspecified atom stereocenters. The van der Waals surface area contributed by atoms with Gasteiger partial charge < -0.3 is 28.8 Å². The topological polar surface area (TPSA) is 105 Å². The van der Waals surface area contributed by atoms with Crippen LogP contribution in [-0.4, -0.2) is 49.2 Å². The van der Waals surface area contributed by atoms with E-state index in [1.165, 1.54) is 0 Å². The van der Waals surface area contributed by atoms with Gasteiger partial charge >= 0.3 is 0 Å². The third kappa shape index (κ3) is 5.24. The summed E-state index contributed by atoms with van der Waals surface area (Å²) in [6.45, 7) is 4.62. The second-order valence-electron chi connectivity index (χ2n) is 8.71. The number of carbonyl (C=O) groups is 1. The first-order chi connectivity index (χ1) is 17.1. The van der Waals surface area contributed by atoms with E-state index in [9.17, 15) is 4.79 Å². The number of fused-ring (bicyclic) bond motifs is 1. The smallest absolute Gasteiger partial charge is 0.231 e. The van der Waals surface area contributed by atoms with Crippen LogP contribution in [0.1, 0.15) is 37.6 Å². The highest BCUT2D eigenvalue weighted by Gasteiger charge is 2.36. The average molecular weight is 480 g/mol. The molecule has 0 bridgehead atoms. The molecule has 9 heteroatoms.